The van der Waals surface area contributed by atoms with E-state index in [-0.39, 0.29) is 11.5 Å². The normalized spacial score (nSPS) is 17.3. The summed E-state index contributed by atoms with van der Waals surface area (Å²) >= 11 is 1.39. The molecule has 1 aliphatic heterocycles. The van der Waals surface area contributed by atoms with E-state index in [1.54, 1.807) is 12.3 Å². The summed E-state index contributed by atoms with van der Waals surface area (Å²) in [6, 6.07) is 3.64. The third kappa shape index (κ3) is 1.99. The van der Waals surface area contributed by atoms with Gasteiger partial charge in [-0.1, -0.05) is 0 Å². The highest BCUT2D eigenvalue weighted by Crippen LogP contribution is 2.34. The molecule has 0 fully saturated rings. The number of nitrogen functional groups attached to an aromatic ring is 1. The molecule has 2 aromatic rings. The van der Waals surface area contributed by atoms with Crippen LogP contribution in [-0.2, 0) is 22.0 Å². The smallest absolute Gasteiger partial charge is 0.155 e. The molecular formula is C11H11N3O2S2. The van der Waals surface area contributed by atoms with E-state index in [1.807, 2.05) is 6.07 Å². The van der Waals surface area contributed by atoms with Crippen LogP contribution >= 0.6 is 11.3 Å². The minimum Gasteiger partial charge on any atom is -0.383 e. The molecule has 94 valence electrons. The van der Waals surface area contributed by atoms with Crippen LogP contribution in [0.15, 0.2) is 18.3 Å². The first-order valence-electron chi connectivity index (χ1n) is 5.45. The van der Waals surface area contributed by atoms with E-state index >= 15 is 0 Å². The number of pyridine rings is 1. The second-order valence-electron chi connectivity index (χ2n) is 4.17. The Balaban J connectivity index is 2.07. The van der Waals surface area contributed by atoms with E-state index in [4.69, 9.17) is 5.73 Å². The van der Waals surface area contributed by atoms with Gasteiger partial charge in [0.15, 0.2) is 9.84 Å². The number of aryl methyl sites for hydroxylation is 1. The van der Waals surface area contributed by atoms with Crippen molar-refractivity contribution in [1.82, 2.24) is 9.97 Å². The molecule has 0 aliphatic carbocycles. The molecule has 0 amide bonds. The molecule has 3 heterocycles. The summed E-state index contributed by atoms with van der Waals surface area (Å²) in [6.07, 6.45) is 2.12. The molecule has 0 radical (unpaired) electrons. The molecule has 0 aromatic carbocycles. The van der Waals surface area contributed by atoms with Crippen molar-refractivity contribution in [2.24, 2.45) is 0 Å². The maximum absolute atomic E-state index is 11.6. The zero-order valence-corrected chi connectivity index (χ0v) is 11.1. The molecule has 5 nitrogen and oxygen atoms in total. The molecule has 18 heavy (non-hydrogen) atoms. The second-order valence-corrected chi connectivity index (χ2v) is 7.43. The van der Waals surface area contributed by atoms with Crippen LogP contribution in [0.2, 0.25) is 0 Å². The van der Waals surface area contributed by atoms with E-state index in [2.05, 4.69) is 9.97 Å². The van der Waals surface area contributed by atoms with Gasteiger partial charge in [0.1, 0.15) is 10.8 Å². The Kier molecular flexibility index (Phi) is 2.60. The number of sulfone groups is 1. The van der Waals surface area contributed by atoms with Crippen LogP contribution in [0.5, 0.6) is 0 Å². The van der Waals surface area contributed by atoms with Gasteiger partial charge in [0.2, 0.25) is 0 Å². The molecule has 1 aliphatic rings. The van der Waals surface area contributed by atoms with Gasteiger partial charge >= 0.3 is 0 Å². The number of nitrogens with two attached hydrogens (primary N) is 1. The van der Waals surface area contributed by atoms with E-state index in [0.717, 1.165) is 21.1 Å². The van der Waals surface area contributed by atoms with E-state index in [0.29, 0.717) is 12.2 Å². The fourth-order valence-corrected chi connectivity index (χ4v) is 4.86. The summed E-state index contributed by atoms with van der Waals surface area (Å²) in [7, 11) is -2.95. The maximum atomic E-state index is 11.6. The molecule has 0 bridgehead atoms. The lowest BCUT2D eigenvalue weighted by Gasteiger charge is -2.09. The number of hydrogen-bond acceptors (Lipinski definition) is 6. The molecule has 2 N–H and O–H groups in total. The van der Waals surface area contributed by atoms with Gasteiger partial charge in [0.05, 0.1) is 22.8 Å². The van der Waals surface area contributed by atoms with E-state index in [1.165, 1.54) is 11.3 Å². The van der Waals surface area contributed by atoms with Crippen molar-refractivity contribution in [3.8, 4) is 10.6 Å². The number of nitrogens with zero attached hydrogens (tertiary/aromatic N) is 2. The molecule has 3 rings (SSSR count). The summed E-state index contributed by atoms with van der Waals surface area (Å²) in [5.41, 5.74) is 7.46. The van der Waals surface area contributed by atoms with Gasteiger partial charge in [0, 0.05) is 17.5 Å². The van der Waals surface area contributed by atoms with Crippen molar-refractivity contribution < 1.29 is 8.42 Å². The first-order valence-corrected chi connectivity index (χ1v) is 8.09. The third-order valence-electron chi connectivity index (χ3n) is 2.85. The van der Waals surface area contributed by atoms with Crippen LogP contribution in [0.25, 0.3) is 10.6 Å². The highest BCUT2D eigenvalue weighted by atomic mass is 32.2. The highest BCUT2D eigenvalue weighted by molar-refractivity contribution is 7.90. The van der Waals surface area contributed by atoms with Crippen molar-refractivity contribution in [2.75, 3.05) is 11.5 Å². The van der Waals surface area contributed by atoms with Crippen LogP contribution in [0, 0.1) is 0 Å². The summed E-state index contributed by atoms with van der Waals surface area (Å²) in [4.78, 5) is 9.33. The molecule has 0 saturated heterocycles. The maximum Gasteiger partial charge on any atom is 0.155 e. The standard InChI is InChI=1S/C11H11N3O2S2/c12-10-7(2-1-4-13-10)11-14-8-3-5-18(15,16)6-9(8)17-11/h1-2,4H,3,5-6H2,(H2,12,13). The Morgan fingerprint density at radius 2 is 2.22 bits per heavy atom. The lowest BCUT2D eigenvalue weighted by atomic mass is 10.2. The average molecular weight is 281 g/mol. The first kappa shape index (κ1) is 11.6. The molecule has 0 saturated carbocycles. The Morgan fingerprint density at radius 3 is 3.00 bits per heavy atom. The fraction of sp³-hybridized carbons (Fsp3) is 0.273. The third-order valence-corrected chi connectivity index (χ3v) is 5.72. The Labute approximate surface area is 109 Å². The number of rotatable bonds is 1. The number of aromatic nitrogens is 2. The molecule has 0 spiro atoms. The average Bonchev–Trinajstić information content (AvgIpc) is 2.70. The summed E-state index contributed by atoms with van der Waals surface area (Å²) in [6.45, 7) is 0. The van der Waals surface area contributed by atoms with Gasteiger partial charge in [-0.25, -0.2) is 18.4 Å². The van der Waals surface area contributed by atoms with Crippen LogP contribution < -0.4 is 5.73 Å². The molecule has 0 unspecified atom stereocenters. The lowest BCUT2D eigenvalue weighted by molar-refractivity contribution is 0.591. The predicted molar refractivity (Wildman–Crippen MR) is 71.0 cm³/mol. The van der Waals surface area contributed by atoms with Gasteiger partial charge in [-0.3, -0.25) is 0 Å². The zero-order chi connectivity index (χ0) is 12.8. The first-order chi connectivity index (χ1) is 8.55. The zero-order valence-electron chi connectivity index (χ0n) is 9.46. The number of thiazole rings is 1. The topological polar surface area (TPSA) is 85.9 Å². The van der Waals surface area contributed by atoms with Crippen molar-refractivity contribution in [1.29, 1.82) is 0 Å². The molecular weight excluding hydrogens is 270 g/mol. The quantitative estimate of drug-likeness (QED) is 0.850. The molecule has 2 aromatic heterocycles. The van der Waals surface area contributed by atoms with Crippen molar-refractivity contribution >= 4 is 27.0 Å². The lowest BCUT2D eigenvalue weighted by Crippen LogP contribution is -2.17. The van der Waals surface area contributed by atoms with Crippen molar-refractivity contribution in [3.63, 3.8) is 0 Å². The minimum absolute atomic E-state index is 0.0974. The number of hydrogen-bond donors (Lipinski definition) is 1. The van der Waals surface area contributed by atoms with E-state index in [9.17, 15) is 8.42 Å². The van der Waals surface area contributed by atoms with Gasteiger partial charge in [-0.15, -0.1) is 11.3 Å². The minimum atomic E-state index is -2.95. The van der Waals surface area contributed by atoms with Gasteiger partial charge in [-0.05, 0) is 12.1 Å². The predicted octanol–water partition coefficient (Wildman–Crippen LogP) is 1.26. The Bertz CT molecular complexity index is 707. The van der Waals surface area contributed by atoms with Crippen LogP contribution in [-0.4, -0.2) is 24.1 Å². The van der Waals surface area contributed by atoms with Crippen molar-refractivity contribution in [3.05, 3.63) is 28.9 Å². The Morgan fingerprint density at radius 1 is 1.39 bits per heavy atom. The summed E-state index contributed by atoms with van der Waals surface area (Å²) < 4.78 is 23.1. The second kappa shape index (κ2) is 4.03. The monoisotopic (exact) mass is 281 g/mol. The van der Waals surface area contributed by atoms with Crippen molar-refractivity contribution in [2.45, 2.75) is 12.2 Å². The fourth-order valence-electron chi connectivity index (χ4n) is 1.93. The number of fused-ring (bicyclic) bond motifs is 1. The highest BCUT2D eigenvalue weighted by Gasteiger charge is 2.25. The van der Waals surface area contributed by atoms with Gasteiger partial charge < -0.3 is 5.73 Å². The molecule has 0 atom stereocenters. The van der Waals surface area contributed by atoms with Crippen LogP contribution in [0.1, 0.15) is 10.6 Å². The summed E-state index contributed by atoms with van der Waals surface area (Å²) in [5, 5.41) is 0.753. The van der Waals surface area contributed by atoms with Crippen LogP contribution in [0.3, 0.4) is 0 Å². The van der Waals surface area contributed by atoms with E-state index < -0.39 is 9.84 Å². The summed E-state index contributed by atoms with van der Waals surface area (Å²) in [5.74, 6) is 0.706. The van der Waals surface area contributed by atoms with Crippen LogP contribution in [0.4, 0.5) is 5.82 Å². The van der Waals surface area contributed by atoms with Gasteiger partial charge in [0.25, 0.3) is 0 Å². The molecule has 7 heteroatoms. The largest absolute Gasteiger partial charge is 0.383 e. The SMILES string of the molecule is Nc1ncccc1-c1nc2c(s1)CS(=O)(=O)CC2. The van der Waals surface area contributed by atoms with Gasteiger partial charge in [-0.2, -0.15) is 0 Å². The Hall–Kier alpha value is -1.47. The number of anilines is 1.